The van der Waals surface area contributed by atoms with Crippen molar-refractivity contribution in [2.45, 2.75) is 58.2 Å². The topological polar surface area (TPSA) is 88.9 Å². The number of benzene rings is 2. The van der Waals surface area contributed by atoms with Crippen LogP contribution in [0.1, 0.15) is 56.0 Å². The summed E-state index contributed by atoms with van der Waals surface area (Å²) in [6.45, 7) is 8.73. The summed E-state index contributed by atoms with van der Waals surface area (Å²) in [5, 5.41) is 10.2. The Balaban J connectivity index is 1.44. The SMILES string of the molecule is CCOC(=O)C(Cc1cc2ccc(C#N)cc2s1)c1ccc(O[C@H]2CCN(C(=O)OC(C)(C)C)C2)cc1. The number of fused-ring (bicyclic) bond motifs is 1. The van der Waals surface area contributed by atoms with Crippen LogP contribution in [-0.2, 0) is 20.7 Å². The monoisotopic (exact) mass is 520 g/mol. The number of likely N-dealkylation sites (tertiary alicyclic amines) is 1. The summed E-state index contributed by atoms with van der Waals surface area (Å²) in [6.07, 6.45) is 0.798. The van der Waals surface area contributed by atoms with E-state index >= 15 is 0 Å². The van der Waals surface area contributed by atoms with Gasteiger partial charge in [-0.2, -0.15) is 5.26 Å². The molecule has 1 aliphatic rings. The van der Waals surface area contributed by atoms with Gasteiger partial charge in [0, 0.05) is 22.5 Å². The van der Waals surface area contributed by atoms with Gasteiger partial charge in [0.25, 0.3) is 0 Å². The molecule has 2 aromatic carbocycles. The molecule has 2 atom stereocenters. The maximum absolute atomic E-state index is 12.9. The Kier molecular flexibility index (Phi) is 8.03. The molecule has 0 aliphatic carbocycles. The average molecular weight is 521 g/mol. The second kappa shape index (κ2) is 11.2. The Bertz CT molecular complexity index is 1300. The quantitative estimate of drug-likeness (QED) is 0.352. The van der Waals surface area contributed by atoms with Gasteiger partial charge < -0.3 is 19.1 Å². The van der Waals surface area contributed by atoms with Crippen molar-refractivity contribution >= 4 is 33.5 Å². The number of ether oxygens (including phenoxy) is 3. The number of carbonyl (C=O) groups is 2. The van der Waals surface area contributed by atoms with E-state index in [9.17, 15) is 14.9 Å². The molecule has 8 heteroatoms. The Hall–Kier alpha value is -3.57. The third kappa shape index (κ3) is 6.80. The van der Waals surface area contributed by atoms with Gasteiger partial charge in [0.2, 0.25) is 0 Å². The first-order chi connectivity index (χ1) is 17.6. The summed E-state index contributed by atoms with van der Waals surface area (Å²) in [5.74, 6) is -0.0323. The number of nitrogens with zero attached hydrogens (tertiary/aromatic N) is 2. The molecule has 194 valence electrons. The van der Waals surface area contributed by atoms with Gasteiger partial charge in [0.15, 0.2) is 0 Å². The molecule has 0 spiro atoms. The summed E-state index contributed by atoms with van der Waals surface area (Å²) in [5.41, 5.74) is 0.939. The summed E-state index contributed by atoms with van der Waals surface area (Å²) in [6, 6.07) is 17.4. The highest BCUT2D eigenvalue weighted by Crippen LogP contribution is 2.32. The van der Waals surface area contributed by atoms with E-state index < -0.39 is 11.5 Å². The van der Waals surface area contributed by atoms with Gasteiger partial charge in [-0.05, 0) is 75.4 Å². The smallest absolute Gasteiger partial charge is 0.410 e. The molecule has 1 saturated heterocycles. The van der Waals surface area contributed by atoms with Gasteiger partial charge in [-0.3, -0.25) is 4.79 Å². The highest BCUT2D eigenvalue weighted by Gasteiger charge is 2.31. The fourth-order valence-electron chi connectivity index (χ4n) is 4.33. The Morgan fingerprint density at radius 1 is 1.16 bits per heavy atom. The molecule has 0 N–H and O–H groups in total. The Labute approximate surface area is 221 Å². The van der Waals surface area contributed by atoms with E-state index in [0.717, 1.165) is 26.9 Å². The molecule has 7 nitrogen and oxygen atoms in total. The molecule has 2 heterocycles. The second-order valence-corrected chi connectivity index (χ2v) is 11.3. The van der Waals surface area contributed by atoms with E-state index in [1.54, 1.807) is 29.2 Å². The molecular weight excluding hydrogens is 488 g/mol. The molecule has 0 radical (unpaired) electrons. The number of thiophene rings is 1. The molecule has 0 saturated carbocycles. The zero-order chi connectivity index (χ0) is 26.6. The molecule has 4 rings (SSSR count). The minimum Gasteiger partial charge on any atom is -0.489 e. The molecule has 1 aromatic heterocycles. The first-order valence-electron chi connectivity index (χ1n) is 12.5. The van der Waals surface area contributed by atoms with Crippen molar-refractivity contribution in [3.63, 3.8) is 0 Å². The number of amides is 1. The van der Waals surface area contributed by atoms with Gasteiger partial charge in [-0.15, -0.1) is 11.3 Å². The minimum atomic E-state index is -0.531. The van der Waals surface area contributed by atoms with Crippen LogP contribution in [0.3, 0.4) is 0 Å². The fraction of sp³-hybridized carbons (Fsp3) is 0.414. The van der Waals surface area contributed by atoms with Gasteiger partial charge in [-0.1, -0.05) is 18.2 Å². The molecule has 3 aromatic rings. The predicted octanol–water partition coefficient (Wildman–Crippen LogP) is 6.05. The molecule has 37 heavy (non-hydrogen) atoms. The van der Waals surface area contributed by atoms with E-state index in [0.29, 0.717) is 37.4 Å². The lowest BCUT2D eigenvalue weighted by molar-refractivity contribution is -0.144. The van der Waals surface area contributed by atoms with Crippen LogP contribution in [-0.4, -0.2) is 48.4 Å². The lowest BCUT2D eigenvalue weighted by Crippen LogP contribution is -2.36. The van der Waals surface area contributed by atoms with Gasteiger partial charge in [-0.25, -0.2) is 4.79 Å². The molecule has 0 bridgehead atoms. The van der Waals surface area contributed by atoms with E-state index in [4.69, 9.17) is 14.2 Å². The molecule has 1 aliphatic heterocycles. The molecular formula is C29H32N2O5S. The number of rotatable bonds is 7. The Morgan fingerprint density at radius 3 is 2.59 bits per heavy atom. The normalized spacial score (nSPS) is 16.3. The van der Waals surface area contributed by atoms with Crippen molar-refractivity contribution in [2.75, 3.05) is 19.7 Å². The second-order valence-electron chi connectivity index (χ2n) is 10.1. The van der Waals surface area contributed by atoms with Crippen LogP contribution in [0.4, 0.5) is 4.79 Å². The lowest BCUT2D eigenvalue weighted by Gasteiger charge is -2.24. The van der Waals surface area contributed by atoms with Crippen LogP contribution in [0, 0.1) is 11.3 Å². The van der Waals surface area contributed by atoms with Crippen molar-refractivity contribution in [3.05, 3.63) is 64.5 Å². The van der Waals surface area contributed by atoms with E-state index in [1.807, 2.05) is 57.2 Å². The first-order valence-corrected chi connectivity index (χ1v) is 13.3. The van der Waals surface area contributed by atoms with Gasteiger partial charge >= 0.3 is 12.1 Å². The number of hydrogen-bond acceptors (Lipinski definition) is 7. The van der Waals surface area contributed by atoms with Crippen LogP contribution in [0.25, 0.3) is 10.1 Å². The van der Waals surface area contributed by atoms with Crippen LogP contribution >= 0.6 is 11.3 Å². The van der Waals surface area contributed by atoms with E-state index in [-0.39, 0.29) is 18.2 Å². The zero-order valence-corrected chi connectivity index (χ0v) is 22.5. The number of hydrogen-bond donors (Lipinski definition) is 0. The first kappa shape index (κ1) is 26.5. The summed E-state index contributed by atoms with van der Waals surface area (Å²) in [7, 11) is 0. The zero-order valence-electron chi connectivity index (χ0n) is 21.7. The third-order valence-corrected chi connectivity index (χ3v) is 7.18. The maximum Gasteiger partial charge on any atom is 0.410 e. The molecule has 1 unspecified atom stereocenters. The Morgan fingerprint density at radius 2 is 1.92 bits per heavy atom. The number of esters is 1. The van der Waals surface area contributed by atoms with Crippen molar-refractivity contribution in [1.82, 2.24) is 4.90 Å². The maximum atomic E-state index is 12.9. The van der Waals surface area contributed by atoms with Gasteiger partial charge in [0.1, 0.15) is 17.5 Å². The number of nitriles is 1. The summed E-state index contributed by atoms with van der Waals surface area (Å²) in [4.78, 5) is 27.9. The van der Waals surface area contributed by atoms with Crippen molar-refractivity contribution < 1.29 is 23.8 Å². The van der Waals surface area contributed by atoms with E-state index in [2.05, 4.69) is 12.1 Å². The summed E-state index contributed by atoms with van der Waals surface area (Å²) < 4.78 is 18.0. The third-order valence-electron chi connectivity index (χ3n) is 6.06. The van der Waals surface area contributed by atoms with Crippen LogP contribution in [0.15, 0.2) is 48.5 Å². The average Bonchev–Trinajstić information content (AvgIpc) is 3.48. The molecule has 1 amide bonds. The lowest BCUT2D eigenvalue weighted by atomic mass is 9.94. The fourth-order valence-corrected chi connectivity index (χ4v) is 5.47. The summed E-state index contributed by atoms with van der Waals surface area (Å²) >= 11 is 1.59. The van der Waals surface area contributed by atoms with Crippen LogP contribution in [0.2, 0.25) is 0 Å². The highest BCUT2D eigenvalue weighted by molar-refractivity contribution is 7.19. The minimum absolute atomic E-state index is 0.115. The number of carbonyl (C=O) groups excluding carboxylic acids is 2. The predicted molar refractivity (Wildman–Crippen MR) is 143 cm³/mol. The standard InChI is InChI=1S/C29H32N2O5S/c1-5-34-27(32)25(16-24-15-21-7-6-19(17-30)14-26(21)37-24)20-8-10-22(11-9-20)35-23-12-13-31(18-23)28(33)36-29(2,3)4/h6-11,14-15,23,25H,5,12-13,16,18H2,1-4H3/t23-,25?/m0/s1. The van der Waals surface area contributed by atoms with E-state index in [1.165, 1.54) is 0 Å². The van der Waals surface area contributed by atoms with Crippen molar-refractivity contribution in [1.29, 1.82) is 5.26 Å². The van der Waals surface area contributed by atoms with Crippen LogP contribution in [0.5, 0.6) is 5.75 Å². The molecule has 1 fully saturated rings. The largest absolute Gasteiger partial charge is 0.489 e. The van der Waals surface area contributed by atoms with Crippen molar-refractivity contribution in [3.8, 4) is 11.8 Å². The highest BCUT2D eigenvalue weighted by atomic mass is 32.1. The van der Waals surface area contributed by atoms with Crippen molar-refractivity contribution in [2.24, 2.45) is 0 Å². The van der Waals surface area contributed by atoms with Gasteiger partial charge in [0.05, 0.1) is 30.7 Å². The van der Waals surface area contributed by atoms with Crippen LogP contribution < -0.4 is 4.74 Å².